The third-order valence-electron chi connectivity index (χ3n) is 2.79. The van der Waals surface area contributed by atoms with E-state index in [0.717, 1.165) is 10.6 Å². The molecule has 1 heterocycles. The molecule has 0 atom stereocenters. The fourth-order valence-electron chi connectivity index (χ4n) is 2.12. The zero-order valence-electron chi connectivity index (χ0n) is 9.87. The molecule has 0 radical (unpaired) electrons. The highest BCUT2D eigenvalue weighted by Gasteiger charge is 2.11. The molecule has 2 aromatic rings. The number of nitrogens with zero attached hydrogens (tertiary/aromatic N) is 1. The van der Waals surface area contributed by atoms with Gasteiger partial charge in [0.2, 0.25) is 0 Å². The van der Waals surface area contributed by atoms with Gasteiger partial charge >= 0.3 is 0 Å². The minimum Gasteiger partial charge on any atom is -0.342 e. The highest BCUT2D eigenvalue weighted by Crippen LogP contribution is 2.31. The van der Waals surface area contributed by atoms with Crippen molar-refractivity contribution in [1.29, 1.82) is 0 Å². The summed E-state index contributed by atoms with van der Waals surface area (Å²) < 4.78 is 2.31. The molecule has 0 N–H and O–H groups in total. The molecule has 0 aliphatic heterocycles. The largest absolute Gasteiger partial charge is 0.342 e. The van der Waals surface area contributed by atoms with Crippen LogP contribution in [0.4, 0.5) is 0 Å². The van der Waals surface area contributed by atoms with Crippen molar-refractivity contribution in [2.45, 2.75) is 26.8 Å². The Morgan fingerprint density at radius 1 is 1.06 bits per heavy atom. The first-order valence-electron chi connectivity index (χ1n) is 5.54. The zero-order valence-corrected chi connectivity index (χ0v) is 10.6. The van der Waals surface area contributed by atoms with E-state index in [-0.39, 0.29) is 0 Å². The summed E-state index contributed by atoms with van der Waals surface area (Å²) in [5.74, 6) is 0. The maximum atomic E-state index is 6.23. The molecule has 0 bridgehead atoms. The summed E-state index contributed by atoms with van der Waals surface area (Å²) in [5, 5.41) is 0.808. The summed E-state index contributed by atoms with van der Waals surface area (Å²) >= 11 is 6.23. The molecule has 2 heteroatoms. The van der Waals surface area contributed by atoms with Crippen molar-refractivity contribution in [2.24, 2.45) is 0 Å². The standard InChI is InChI=1S/C14H16ClN/c1-10(2)16-11(3)8-9-14(16)12-6-4-5-7-13(12)15/h4-10H,1-3H3. The van der Waals surface area contributed by atoms with Gasteiger partial charge in [0.1, 0.15) is 0 Å². The molecule has 1 nitrogen and oxygen atoms in total. The predicted molar refractivity (Wildman–Crippen MR) is 70.0 cm³/mol. The third-order valence-corrected chi connectivity index (χ3v) is 3.12. The fourth-order valence-corrected chi connectivity index (χ4v) is 2.36. The summed E-state index contributed by atoms with van der Waals surface area (Å²) in [6, 6.07) is 12.7. The molecule has 0 aliphatic carbocycles. The molecule has 16 heavy (non-hydrogen) atoms. The number of benzene rings is 1. The van der Waals surface area contributed by atoms with Crippen LogP contribution in [0.25, 0.3) is 11.3 Å². The molecule has 1 aromatic carbocycles. The van der Waals surface area contributed by atoms with E-state index in [1.54, 1.807) is 0 Å². The molecular formula is C14H16ClN. The first-order valence-corrected chi connectivity index (χ1v) is 5.92. The van der Waals surface area contributed by atoms with Gasteiger partial charge in [0.15, 0.2) is 0 Å². The van der Waals surface area contributed by atoms with Gasteiger partial charge in [0.05, 0.1) is 0 Å². The van der Waals surface area contributed by atoms with E-state index >= 15 is 0 Å². The Hall–Kier alpha value is -1.21. The lowest BCUT2D eigenvalue weighted by Crippen LogP contribution is -2.04. The second kappa shape index (κ2) is 4.34. The van der Waals surface area contributed by atoms with Gasteiger partial charge in [-0.2, -0.15) is 0 Å². The van der Waals surface area contributed by atoms with E-state index in [2.05, 4.69) is 43.5 Å². The average Bonchev–Trinajstić information content (AvgIpc) is 2.61. The van der Waals surface area contributed by atoms with Crippen LogP contribution in [0.2, 0.25) is 5.02 Å². The molecule has 0 saturated carbocycles. The van der Waals surface area contributed by atoms with E-state index in [9.17, 15) is 0 Å². The van der Waals surface area contributed by atoms with Gasteiger partial charge in [-0.05, 0) is 39.0 Å². The van der Waals surface area contributed by atoms with Gasteiger partial charge in [-0.25, -0.2) is 0 Å². The molecule has 0 spiro atoms. The molecule has 1 aromatic heterocycles. The smallest absolute Gasteiger partial charge is 0.0499 e. The summed E-state index contributed by atoms with van der Waals surface area (Å²) in [6.45, 7) is 6.50. The molecule has 0 fully saturated rings. The van der Waals surface area contributed by atoms with Crippen molar-refractivity contribution >= 4 is 11.6 Å². The number of hydrogen-bond acceptors (Lipinski definition) is 0. The van der Waals surface area contributed by atoms with Gasteiger partial charge in [-0.1, -0.05) is 29.8 Å². The van der Waals surface area contributed by atoms with Crippen molar-refractivity contribution < 1.29 is 0 Å². The highest BCUT2D eigenvalue weighted by molar-refractivity contribution is 6.33. The minimum absolute atomic E-state index is 0.446. The number of aryl methyl sites for hydroxylation is 1. The first kappa shape index (κ1) is 11.3. The summed E-state index contributed by atoms with van der Waals surface area (Å²) in [6.07, 6.45) is 0. The van der Waals surface area contributed by atoms with Crippen LogP contribution >= 0.6 is 11.6 Å². The topological polar surface area (TPSA) is 4.93 Å². The van der Waals surface area contributed by atoms with E-state index in [0.29, 0.717) is 6.04 Å². The number of halogens is 1. The monoisotopic (exact) mass is 233 g/mol. The predicted octanol–water partition coefficient (Wildman–Crippen LogP) is 4.70. The quantitative estimate of drug-likeness (QED) is 0.709. The van der Waals surface area contributed by atoms with Crippen LogP contribution in [-0.4, -0.2) is 4.57 Å². The second-order valence-electron chi connectivity index (χ2n) is 4.30. The Morgan fingerprint density at radius 2 is 1.75 bits per heavy atom. The third kappa shape index (κ3) is 1.88. The lowest BCUT2D eigenvalue weighted by Gasteiger charge is -2.16. The Kier molecular flexibility index (Phi) is 3.06. The summed E-state index contributed by atoms with van der Waals surface area (Å²) in [5.41, 5.74) is 3.56. The maximum Gasteiger partial charge on any atom is 0.0499 e. The summed E-state index contributed by atoms with van der Waals surface area (Å²) in [7, 11) is 0. The normalized spacial score (nSPS) is 11.1. The van der Waals surface area contributed by atoms with Crippen LogP contribution in [-0.2, 0) is 0 Å². The minimum atomic E-state index is 0.446. The molecule has 0 amide bonds. The van der Waals surface area contributed by atoms with E-state index < -0.39 is 0 Å². The van der Waals surface area contributed by atoms with E-state index in [4.69, 9.17) is 11.6 Å². The lowest BCUT2D eigenvalue weighted by atomic mass is 10.1. The Balaban J connectivity index is 2.61. The van der Waals surface area contributed by atoms with Gasteiger partial charge in [-0.3, -0.25) is 0 Å². The Bertz CT molecular complexity index is 497. The lowest BCUT2D eigenvalue weighted by molar-refractivity contribution is 0.595. The number of hydrogen-bond donors (Lipinski definition) is 0. The Morgan fingerprint density at radius 3 is 2.38 bits per heavy atom. The molecule has 84 valence electrons. The highest BCUT2D eigenvalue weighted by atomic mass is 35.5. The Labute approximate surface area is 102 Å². The molecule has 0 unspecified atom stereocenters. The second-order valence-corrected chi connectivity index (χ2v) is 4.71. The van der Waals surface area contributed by atoms with Gasteiger partial charge in [-0.15, -0.1) is 0 Å². The fraction of sp³-hybridized carbons (Fsp3) is 0.286. The van der Waals surface area contributed by atoms with Gasteiger partial charge in [0, 0.05) is 28.0 Å². The SMILES string of the molecule is Cc1ccc(-c2ccccc2Cl)n1C(C)C. The van der Waals surface area contributed by atoms with E-state index in [1.807, 2.05) is 18.2 Å². The van der Waals surface area contributed by atoms with Gasteiger partial charge < -0.3 is 4.57 Å². The van der Waals surface area contributed by atoms with Crippen LogP contribution < -0.4 is 0 Å². The van der Waals surface area contributed by atoms with Crippen LogP contribution in [0, 0.1) is 6.92 Å². The molecular weight excluding hydrogens is 218 g/mol. The van der Waals surface area contributed by atoms with Crippen molar-refractivity contribution in [1.82, 2.24) is 4.57 Å². The van der Waals surface area contributed by atoms with Crippen LogP contribution in [0.5, 0.6) is 0 Å². The average molecular weight is 234 g/mol. The molecule has 2 rings (SSSR count). The van der Waals surface area contributed by atoms with Crippen molar-refractivity contribution in [3.05, 3.63) is 47.1 Å². The molecule has 0 saturated heterocycles. The maximum absolute atomic E-state index is 6.23. The van der Waals surface area contributed by atoms with E-state index in [1.165, 1.54) is 11.4 Å². The van der Waals surface area contributed by atoms with Gasteiger partial charge in [0.25, 0.3) is 0 Å². The summed E-state index contributed by atoms with van der Waals surface area (Å²) in [4.78, 5) is 0. The molecule has 0 aliphatic rings. The van der Waals surface area contributed by atoms with Crippen molar-refractivity contribution in [2.75, 3.05) is 0 Å². The first-order chi connectivity index (χ1) is 7.61. The van der Waals surface area contributed by atoms with Crippen LogP contribution in [0.15, 0.2) is 36.4 Å². The number of aromatic nitrogens is 1. The van der Waals surface area contributed by atoms with Crippen molar-refractivity contribution in [3.8, 4) is 11.3 Å². The zero-order chi connectivity index (χ0) is 11.7. The van der Waals surface area contributed by atoms with Crippen molar-refractivity contribution in [3.63, 3.8) is 0 Å². The van der Waals surface area contributed by atoms with Crippen LogP contribution in [0.3, 0.4) is 0 Å². The number of rotatable bonds is 2. The van der Waals surface area contributed by atoms with Crippen LogP contribution in [0.1, 0.15) is 25.6 Å².